The number of phenolic OH excluding ortho intramolecular Hbond substituents is 2. The smallest absolute Gasteiger partial charge is 0.373 e. The van der Waals surface area contributed by atoms with Crippen molar-refractivity contribution in [3.05, 3.63) is 119 Å². The SMILES string of the molecule is CC(C)(c1ccc(O)cc1)c1ccc(O)cc1.COc1ccc(C(C)(C)c2ccc(OC(C)=O)cc2)cc1.O.O=C=O. The van der Waals surface area contributed by atoms with Crippen molar-refractivity contribution in [2.24, 2.45) is 0 Å². The first kappa shape index (κ1) is 35.1. The van der Waals surface area contributed by atoms with Crippen LogP contribution in [-0.2, 0) is 25.2 Å². The molecule has 8 nitrogen and oxygen atoms in total. The van der Waals surface area contributed by atoms with Crippen LogP contribution in [0.15, 0.2) is 97.1 Å². The molecule has 0 aliphatic carbocycles. The normalized spacial score (nSPS) is 10.3. The molecule has 222 valence electrons. The van der Waals surface area contributed by atoms with Gasteiger partial charge in [-0.1, -0.05) is 76.2 Å². The second-order valence-corrected chi connectivity index (χ2v) is 10.3. The maximum absolute atomic E-state index is 10.9. The summed E-state index contributed by atoms with van der Waals surface area (Å²) in [5, 5.41) is 18.6. The van der Waals surface area contributed by atoms with Gasteiger partial charge >= 0.3 is 12.1 Å². The average Bonchev–Trinajstić information content (AvgIpc) is 2.94. The van der Waals surface area contributed by atoms with Gasteiger partial charge in [-0.2, -0.15) is 9.59 Å². The quantitative estimate of drug-likeness (QED) is 0.214. The molecular weight excluding hydrogens is 536 g/mol. The number of aromatic hydroxyl groups is 2. The molecule has 4 N–H and O–H groups in total. The Bertz CT molecular complexity index is 1370. The monoisotopic (exact) mass is 574 g/mol. The summed E-state index contributed by atoms with van der Waals surface area (Å²) in [6.07, 6.45) is 0.250. The molecule has 0 spiro atoms. The summed E-state index contributed by atoms with van der Waals surface area (Å²) in [6, 6.07) is 30.1. The van der Waals surface area contributed by atoms with Gasteiger partial charge in [0.1, 0.15) is 23.0 Å². The molecule has 0 fully saturated rings. The summed E-state index contributed by atoms with van der Waals surface area (Å²) in [5.41, 5.74) is 4.32. The van der Waals surface area contributed by atoms with Crippen molar-refractivity contribution in [3.8, 4) is 23.0 Å². The Morgan fingerprint density at radius 1 is 0.595 bits per heavy atom. The van der Waals surface area contributed by atoms with E-state index in [4.69, 9.17) is 19.1 Å². The van der Waals surface area contributed by atoms with Crippen molar-refractivity contribution in [2.75, 3.05) is 7.11 Å². The number of phenols is 2. The summed E-state index contributed by atoms with van der Waals surface area (Å²) in [6.45, 7) is 9.96. The van der Waals surface area contributed by atoms with E-state index in [1.54, 1.807) is 31.4 Å². The van der Waals surface area contributed by atoms with Crippen LogP contribution < -0.4 is 9.47 Å². The van der Waals surface area contributed by atoms with Gasteiger partial charge in [-0.25, -0.2) is 0 Å². The molecule has 4 aromatic rings. The summed E-state index contributed by atoms with van der Waals surface area (Å²) in [5.74, 6) is 1.65. The summed E-state index contributed by atoms with van der Waals surface area (Å²) in [7, 11) is 1.66. The van der Waals surface area contributed by atoms with Gasteiger partial charge in [0.2, 0.25) is 0 Å². The number of ether oxygens (including phenoxy) is 2. The number of hydrogen-bond donors (Lipinski definition) is 2. The van der Waals surface area contributed by atoms with Crippen molar-refractivity contribution in [3.63, 3.8) is 0 Å². The Morgan fingerprint density at radius 2 is 0.857 bits per heavy atom. The number of carbonyl (C=O) groups is 1. The molecular formula is C34H38O8. The molecule has 0 aliphatic heterocycles. The van der Waals surface area contributed by atoms with Gasteiger partial charge in [-0.3, -0.25) is 4.79 Å². The van der Waals surface area contributed by atoms with Crippen LogP contribution in [-0.4, -0.2) is 34.9 Å². The van der Waals surface area contributed by atoms with E-state index < -0.39 is 0 Å². The summed E-state index contributed by atoms with van der Waals surface area (Å²) >= 11 is 0. The van der Waals surface area contributed by atoms with Gasteiger partial charge in [0.15, 0.2) is 0 Å². The fourth-order valence-electron chi connectivity index (χ4n) is 4.20. The molecule has 4 aromatic carbocycles. The molecule has 0 amide bonds. The highest BCUT2D eigenvalue weighted by molar-refractivity contribution is 5.69. The number of carbonyl (C=O) groups excluding carboxylic acids is 3. The molecule has 8 heteroatoms. The Labute approximate surface area is 246 Å². The molecule has 0 saturated heterocycles. The van der Waals surface area contributed by atoms with E-state index >= 15 is 0 Å². The van der Waals surface area contributed by atoms with Gasteiger partial charge in [-0.05, 0) is 70.8 Å². The molecule has 0 radical (unpaired) electrons. The van der Waals surface area contributed by atoms with Gasteiger partial charge in [-0.15, -0.1) is 0 Å². The predicted octanol–water partition coefficient (Wildman–Crippen LogP) is 5.96. The lowest BCUT2D eigenvalue weighted by atomic mass is 9.78. The maximum Gasteiger partial charge on any atom is 0.373 e. The molecule has 0 heterocycles. The van der Waals surface area contributed by atoms with Crippen LogP contribution in [0.4, 0.5) is 0 Å². The Hall–Kier alpha value is -4.91. The van der Waals surface area contributed by atoms with E-state index in [0.29, 0.717) is 5.75 Å². The molecule has 0 bridgehead atoms. The first-order chi connectivity index (χ1) is 19.3. The number of esters is 1. The molecule has 0 aliphatic rings. The third kappa shape index (κ3) is 9.63. The molecule has 42 heavy (non-hydrogen) atoms. The lowest BCUT2D eigenvalue weighted by Crippen LogP contribution is -2.18. The molecule has 4 rings (SSSR count). The largest absolute Gasteiger partial charge is 0.508 e. The second kappa shape index (κ2) is 15.8. The average molecular weight is 575 g/mol. The van der Waals surface area contributed by atoms with Crippen LogP contribution in [0.3, 0.4) is 0 Å². The summed E-state index contributed by atoms with van der Waals surface area (Å²) in [4.78, 5) is 27.2. The lowest BCUT2D eigenvalue weighted by Gasteiger charge is -2.26. The summed E-state index contributed by atoms with van der Waals surface area (Å²) < 4.78 is 10.3. The van der Waals surface area contributed by atoms with Crippen molar-refractivity contribution in [2.45, 2.75) is 45.4 Å². The van der Waals surface area contributed by atoms with E-state index in [0.717, 1.165) is 22.4 Å². The number of rotatable bonds is 6. The van der Waals surface area contributed by atoms with E-state index in [2.05, 4.69) is 39.8 Å². The second-order valence-electron chi connectivity index (χ2n) is 10.3. The van der Waals surface area contributed by atoms with Crippen molar-refractivity contribution in [1.29, 1.82) is 0 Å². The van der Waals surface area contributed by atoms with Gasteiger partial charge in [0.25, 0.3) is 0 Å². The van der Waals surface area contributed by atoms with Crippen molar-refractivity contribution >= 4 is 12.1 Å². The van der Waals surface area contributed by atoms with Gasteiger partial charge in [0, 0.05) is 17.8 Å². The number of methoxy groups -OCH3 is 1. The zero-order valence-electron chi connectivity index (χ0n) is 24.7. The third-order valence-electron chi connectivity index (χ3n) is 6.83. The van der Waals surface area contributed by atoms with Crippen molar-refractivity contribution < 1.29 is 39.5 Å². The highest BCUT2D eigenvalue weighted by atomic mass is 16.5. The van der Waals surface area contributed by atoms with E-state index in [1.807, 2.05) is 60.7 Å². The van der Waals surface area contributed by atoms with Crippen LogP contribution >= 0.6 is 0 Å². The van der Waals surface area contributed by atoms with Gasteiger partial charge < -0.3 is 25.2 Å². The fraction of sp³-hybridized carbons (Fsp3) is 0.235. The van der Waals surface area contributed by atoms with Crippen LogP contribution in [0.5, 0.6) is 23.0 Å². The standard InChI is InChI=1S/C18H20O3.C15H16O2.CO2.H2O/c1-13(19)21-17-11-7-15(8-12-17)18(2,3)14-5-9-16(20-4)10-6-14;1-15(2,11-3-7-13(16)8-4-11)12-5-9-14(17)10-6-12;2-1-3;/h5-12H,1-4H3;3-10,16-17H,1-2H3;;1H2. The van der Waals surface area contributed by atoms with E-state index in [-0.39, 0.29) is 39.9 Å². The number of benzene rings is 4. The predicted molar refractivity (Wildman–Crippen MR) is 160 cm³/mol. The van der Waals surface area contributed by atoms with Crippen LogP contribution in [0.1, 0.15) is 56.9 Å². The minimum atomic E-state index is -0.308. The highest BCUT2D eigenvalue weighted by Gasteiger charge is 2.24. The molecule has 0 atom stereocenters. The lowest BCUT2D eigenvalue weighted by molar-refractivity contribution is -0.191. The van der Waals surface area contributed by atoms with Gasteiger partial charge in [0.05, 0.1) is 7.11 Å². The minimum Gasteiger partial charge on any atom is -0.508 e. The third-order valence-corrected chi connectivity index (χ3v) is 6.83. The van der Waals surface area contributed by atoms with Crippen LogP contribution in [0.25, 0.3) is 0 Å². The first-order valence-corrected chi connectivity index (χ1v) is 12.9. The van der Waals surface area contributed by atoms with E-state index in [9.17, 15) is 15.0 Å². The molecule has 0 unspecified atom stereocenters. The number of hydrogen-bond acceptors (Lipinski definition) is 7. The zero-order chi connectivity index (χ0) is 30.6. The van der Waals surface area contributed by atoms with Crippen LogP contribution in [0.2, 0.25) is 0 Å². The minimum absolute atomic E-state index is 0. The fourth-order valence-corrected chi connectivity index (χ4v) is 4.20. The maximum atomic E-state index is 10.9. The first-order valence-electron chi connectivity index (χ1n) is 12.9. The van der Waals surface area contributed by atoms with E-state index in [1.165, 1.54) is 12.5 Å². The Morgan fingerprint density at radius 3 is 1.12 bits per heavy atom. The molecule has 0 aromatic heterocycles. The van der Waals surface area contributed by atoms with Crippen molar-refractivity contribution in [1.82, 2.24) is 0 Å². The highest BCUT2D eigenvalue weighted by Crippen LogP contribution is 2.34. The molecule has 0 saturated carbocycles. The zero-order valence-corrected chi connectivity index (χ0v) is 24.7. The topological polar surface area (TPSA) is 142 Å². The Balaban J connectivity index is 0.000000382. The Kier molecular flexibility index (Phi) is 13.2. The van der Waals surface area contributed by atoms with Crippen LogP contribution in [0, 0.1) is 0 Å².